The summed E-state index contributed by atoms with van der Waals surface area (Å²) in [6.45, 7) is 0.841. The fraction of sp³-hybridized carbons (Fsp3) is 0.158. The van der Waals surface area contributed by atoms with Gasteiger partial charge in [-0.15, -0.1) is 0 Å². The van der Waals surface area contributed by atoms with Gasteiger partial charge in [0, 0.05) is 17.2 Å². The maximum atomic E-state index is 4.50. The zero-order valence-corrected chi connectivity index (χ0v) is 14.8. The van der Waals surface area contributed by atoms with Crippen LogP contribution in [-0.4, -0.2) is 16.5 Å². The first-order valence-electron chi connectivity index (χ1n) is 7.94. The van der Waals surface area contributed by atoms with E-state index >= 15 is 0 Å². The average molecular weight is 383 g/mol. The molecular formula is C19H19BrN4. The van der Waals surface area contributed by atoms with Gasteiger partial charge in [0.05, 0.1) is 5.69 Å². The van der Waals surface area contributed by atoms with Gasteiger partial charge >= 0.3 is 0 Å². The van der Waals surface area contributed by atoms with E-state index in [9.17, 15) is 0 Å². The lowest BCUT2D eigenvalue weighted by Gasteiger charge is -2.09. The van der Waals surface area contributed by atoms with Crippen molar-refractivity contribution in [1.29, 1.82) is 0 Å². The Morgan fingerprint density at radius 1 is 0.917 bits per heavy atom. The van der Waals surface area contributed by atoms with Gasteiger partial charge in [-0.3, -0.25) is 0 Å². The summed E-state index contributed by atoms with van der Waals surface area (Å²) >= 11 is 3.52. The lowest BCUT2D eigenvalue weighted by atomic mass is 10.1. The van der Waals surface area contributed by atoms with E-state index < -0.39 is 0 Å². The van der Waals surface area contributed by atoms with E-state index in [1.807, 2.05) is 36.4 Å². The smallest absolute Gasteiger partial charge is 0.224 e. The van der Waals surface area contributed by atoms with Crippen LogP contribution in [0.25, 0.3) is 0 Å². The third kappa shape index (κ3) is 4.80. The first-order valence-corrected chi connectivity index (χ1v) is 8.73. The Morgan fingerprint density at radius 3 is 2.54 bits per heavy atom. The van der Waals surface area contributed by atoms with E-state index in [-0.39, 0.29) is 0 Å². The molecule has 0 atom stereocenters. The van der Waals surface area contributed by atoms with E-state index in [0.29, 0.717) is 5.95 Å². The lowest BCUT2D eigenvalue weighted by molar-refractivity contribution is 0.853. The van der Waals surface area contributed by atoms with Gasteiger partial charge in [0.2, 0.25) is 5.95 Å². The zero-order chi connectivity index (χ0) is 16.6. The zero-order valence-electron chi connectivity index (χ0n) is 13.2. The molecule has 2 N–H and O–H groups in total. The normalized spacial score (nSPS) is 10.4. The van der Waals surface area contributed by atoms with Crippen LogP contribution in [0.4, 0.5) is 17.5 Å². The maximum absolute atomic E-state index is 4.50. The topological polar surface area (TPSA) is 49.8 Å². The highest BCUT2D eigenvalue weighted by Crippen LogP contribution is 2.24. The number of aromatic nitrogens is 2. The molecule has 4 nitrogen and oxygen atoms in total. The predicted octanol–water partition coefficient (Wildman–Crippen LogP) is 5.03. The van der Waals surface area contributed by atoms with Crippen molar-refractivity contribution in [3.63, 3.8) is 0 Å². The van der Waals surface area contributed by atoms with Crippen LogP contribution in [0.15, 0.2) is 71.3 Å². The third-order valence-electron chi connectivity index (χ3n) is 3.56. The molecule has 0 amide bonds. The molecule has 0 fully saturated rings. The molecule has 1 aromatic heterocycles. The number of hydrogen-bond donors (Lipinski definition) is 2. The van der Waals surface area contributed by atoms with Crippen molar-refractivity contribution >= 4 is 33.4 Å². The molecule has 3 aromatic rings. The number of para-hydroxylation sites is 1. The number of nitrogens with zero attached hydrogens (tertiary/aromatic N) is 2. The first kappa shape index (κ1) is 16.5. The van der Waals surface area contributed by atoms with Gasteiger partial charge in [-0.05, 0) is 52.5 Å². The second-order valence-electron chi connectivity index (χ2n) is 5.39. The molecule has 0 aliphatic heterocycles. The summed E-state index contributed by atoms with van der Waals surface area (Å²) in [6, 6.07) is 20.3. The number of halogens is 1. The maximum Gasteiger partial charge on any atom is 0.224 e. The number of aryl methyl sites for hydroxylation is 1. The average Bonchev–Trinajstić information content (AvgIpc) is 2.62. The number of benzene rings is 2. The van der Waals surface area contributed by atoms with Gasteiger partial charge in [0.25, 0.3) is 0 Å². The summed E-state index contributed by atoms with van der Waals surface area (Å²) in [5.74, 6) is 1.41. The van der Waals surface area contributed by atoms with Gasteiger partial charge < -0.3 is 10.6 Å². The number of hydrogen-bond acceptors (Lipinski definition) is 4. The minimum Gasteiger partial charge on any atom is -0.354 e. The minimum absolute atomic E-state index is 0.639. The van der Waals surface area contributed by atoms with Crippen molar-refractivity contribution in [3.05, 3.63) is 76.9 Å². The molecule has 2 aromatic carbocycles. The second kappa shape index (κ2) is 8.45. The van der Waals surface area contributed by atoms with Gasteiger partial charge in [-0.2, -0.15) is 4.98 Å². The molecule has 1 heterocycles. The summed E-state index contributed by atoms with van der Waals surface area (Å²) in [7, 11) is 0. The Balaban J connectivity index is 1.53. The van der Waals surface area contributed by atoms with Crippen LogP contribution in [0.3, 0.4) is 0 Å². The molecular weight excluding hydrogens is 364 g/mol. The van der Waals surface area contributed by atoms with Crippen molar-refractivity contribution < 1.29 is 0 Å². The molecule has 0 spiro atoms. The molecule has 0 saturated carbocycles. The van der Waals surface area contributed by atoms with E-state index in [2.05, 4.69) is 60.8 Å². The summed E-state index contributed by atoms with van der Waals surface area (Å²) in [4.78, 5) is 8.77. The molecule has 0 unspecified atom stereocenters. The van der Waals surface area contributed by atoms with E-state index in [1.54, 1.807) is 6.20 Å². The molecule has 0 radical (unpaired) electrons. The van der Waals surface area contributed by atoms with Crippen LogP contribution in [-0.2, 0) is 6.42 Å². The fourth-order valence-electron chi connectivity index (χ4n) is 2.35. The van der Waals surface area contributed by atoms with E-state index in [1.165, 1.54) is 5.56 Å². The monoisotopic (exact) mass is 382 g/mol. The quantitative estimate of drug-likeness (QED) is 0.562. The number of anilines is 3. The summed E-state index contributed by atoms with van der Waals surface area (Å²) in [5, 5.41) is 6.57. The Morgan fingerprint density at radius 2 is 1.71 bits per heavy atom. The lowest BCUT2D eigenvalue weighted by Crippen LogP contribution is -2.07. The van der Waals surface area contributed by atoms with Crippen LogP contribution < -0.4 is 10.6 Å². The molecule has 122 valence electrons. The van der Waals surface area contributed by atoms with E-state index in [0.717, 1.165) is 35.4 Å². The molecule has 24 heavy (non-hydrogen) atoms. The van der Waals surface area contributed by atoms with Crippen molar-refractivity contribution in [2.75, 3.05) is 17.2 Å². The Labute approximate surface area is 150 Å². The molecule has 0 saturated heterocycles. The van der Waals surface area contributed by atoms with Gasteiger partial charge in [0.15, 0.2) is 0 Å². The summed E-state index contributed by atoms with van der Waals surface area (Å²) < 4.78 is 1.00. The molecule has 0 aliphatic rings. The standard InChI is InChI=1S/C19H19BrN4/c20-16-10-4-5-11-17(16)23-18-12-14-22-19(24-18)21-13-6-9-15-7-2-1-3-8-15/h1-5,7-8,10-12,14H,6,9,13H2,(H2,21,22,23,24). The van der Waals surface area contributed by atoms with Crippen molar-refractivity contribution in [2.24, 2.45) is 0 Å². The molecule has 5 heteroatoms. The predicted molar refractivity (Wildman–Crippen MR) is 103 cm³/mol. The minimum atomic E-state index is 0.639. The number of rotatable bonds is 7. The SMILES string of the molecule is Brc1ccccc1Nc1ccnc(NCCCc2ccccc2)n1. The second-order valence-corrected chi connectivity index (χ2v) is 6.24. The van der Waals surface area contributed by atoms with Crippen LogP contribution in [0.5, 0.6) is 0 Å². The van der Waals surface area contributed by atoms with Crippen molar-refractivity contribution in [1.82, 2.24) is 9.97 Å². The molecule has 0 bridgehead atoms. The Bertz CT molecular complexity index is 777. The van der Waals surface area contributed by atoms with Crippen LogP contribution in [0, 0.1) is 0 Å². The highest BCUT2D eigenvalue weighted by Gasteiger charge is 2.02. The Kier molecular flexibility index (Phi) is 5.80. The summed E-state index contributed by atoms with van der Waals surface area (Å²) in [5.41, 5.74) is 2.33. The van der Waals surface area contributed by atoms with Crippen LogP contribution in [0.2, 0.25) is 0 Å². The molecule has 3 rings (SSSR count). The van der Waals surface area contributed by atoms with Crippen molar-refractivity contribution in [2.45, 2.75) is 12.8 Å². The van der Waals surface area contributed by atoms with Crippen LogP contribution >= 0.6 is 15.9 Å². The first-order chi connectivity index (χ1) is 11.8. The molecule has 0 aliphatic carbocycles. The fourth-order valence-corrected chi connectivity index (χ4v) is 2.74. The van der Waals surface area contributed by atoms with E-state index in [4.69, 9.17) is 0 Å². The van der Waals surface area contributed by atoms with Gasteiger partial charge in [0.1, 0.15) is 5.82 Å². The van der Waals surface area contributed by atoms with Crippen LogP contribution in [0.1, 0.15) is 12.0 Å². The third-order valence-corrected chi connectivity index (χ3v) is 4.25. The highest BCUT2D eigenvalue weighted by atomic mass is 79.9. The number of nitrogens with one attached hydrogen (secondary N) is 2. The van der Waals surface area contributed by atoms with Gasteiger partial charge in [-0.25, -0.2) is 4.98 Å². The van der Waals surface area contributed by atoms with Gasteiger partial charge in [-0.1, -0.05) is 42.5 Å². The summed E-state index contributed by atoms with van der Waals surface area (Å²) in [6.07, 6.45) is 3.84. The highest BCUT2D eigenvalue weighted by molar-refractivity contribution is 9.10. The largest absolute Gasteiger partial charge is 0.354 e. The Hall–Kier alpha value is -2.40. The van der Waals surface area contributed by atoms with Crippen molar-refractivity contribution in [3.8, 4) is 0 Å².